The van der Waals surface area contributed by atoms with Crippen LogP contribution in [0.15, 0.2) is 18.2 Å². The number of aryl methyl sites for hydroxylation is 2. The standard InChI is InChI=1S/C22H25NO5/c1-11-4-5-12(2)16(8-11)17(24)10-28-22(27)13(3)23-20(25)18-14-6-7-15(9-14)19(18)21(23)26/h4-5,8,13-15,18-19H,6-7,9-10H2,1-3H3. The number of benzene rings is 1. The van der Waals surface area contributed by atoms with Gasteiger partial charge in [-0.2, -0.15) is 0 Å². The van der Waals surface area contributed by atoms with Crippen molar-refractivity contribution in [3.05, 3.63) is 34.9 Å². The maximum atomic E-state index is 12.8. The van der Waals surface area contributed by atoms with E-state index in [4.69, 9.17) is 4.74 Å². The van der Waals surface area contributed by atoms with Crippen LogP contribution in [0.4, 0.5) is 0 Å². The Morgan fingerprint density at radius 3 is 2.32 bits per heavy atom. The summed E-state index contributed by atoms with van der Waals surface area (Å²) in [6.45, 7) is 4.82. The van der Waals surface area contributed by atoms with Gasteiger partial charge in [-0.1, -0.05) is 17.7 Å². The fraction of sp³-hybridized carbons (Fsp3) is 0.545. The van der Waals surface area contributed by atoms with Crippen LogP contribution in [0.2, 0.25) is 0 Å². The van der Waals surface area contributed by atoms with E-state index in [0.717, 1.165) is 35.3 Å². The van der Waals surface area contributed by atoms with E-state index in [0.29, 0.717) is 5.56 Å². The fourth-order valence-electron chi connectivity index (χ4n) is 5.29. The summed E-state index contributed by atoms with van der Waals surface area (Å²) < 4.78 is 5.18. The van der Waals surface area contributed by atoms with Crippen molar-refractivity contribution in [1.82, 2.24) is 4.90 Å². The first kappa shape index (κ1) is 18.8. The van der Waals surface area contributed by atoms with Gasteiger partial charge in [0.2, 0.25) is 17.6 Å². The summed E-state index contributed by atoms with van der Waals surface area (Å²) in [6, 6.07) is 4.52. The summed E-state index contributed by atoms with van der Waals surface area (Å²) in [5.41, 5.74) is 2.27. The topological polar surface area (TPSA) is 80.8 Å². The monoisotopic (exact) mass is 383 g/mol. The van der Waals surface area contributed by atoms with Gasteiger partial charge in [0.05, 0.1) is 11.8 Å². The van der Waals surface area contributed by atoms with Gasteiger partial charge in [0.1, 0.15) is 6.04 Å². The molecular weight excluding hydrogens is 358 g/mol. The summed E-state index contributed by atoms with van der Waals surface area (Å²) in [6.07, 6.45) is 2.92. The highest BCUT2D eigenvalue weighted by molar-refractivity contribution is 6.08. The first-order valence-electron chi connectivity index (χ1n) is 9.93. The van der Waals surface area contributed by atoms with Crippen LogP contribution in [-0.4, -0.2) is 41.1 Å². The van der Waals surface area contributed by atoms with E-state index in [1.807, 2.05) is 26.0 Å². The van der Waals surface area contributed by atoms with Crippen molar-refractivity contribution < 1.29 is 23.9 Å². The lowest BCUT2D eigenvalue weighted by molar-refractivity contribution is -0.157. The second-order valence-corrected chi connectivity index (χ2v) is 8.46. The molecular formula is C22H25NO5. The van der Waals surface area contributed by atoms with E-state index in [-0.39, 0.29) is 41.3 Å². The average Bonchev–Trinajstić information content (AvgIpc) is 3.34. The van der Waals surface area contributed by atoms with Crippen molar-refractivity contribution in [3.63, 3.8) is 0 Å². The van der Waals surface area contributed by atoms with Gasteiger partial charge < -0.3 is 4.74 Å². The Balaban J connectivity index is 1.41. The summed E-state index contributed by atoms with van der Waals surface area (Å²) in [7, 11) is 0. The number of likely N-dealkylation sites (tertiary alicyclic amines) is 1. The molecule has 6 nitrogen and oxygen atoms in total. The first-order valence-corrected chi connectivity index (χ1v) is 9.93. The van der Waals surface area contributed by atoms with Gasteiger partial charge in [-0.25, -0.2) is 4.79 Å². The molecule has 148 valence electrons. The lowest BCUT2D eigenvalue weighted by Crippen LogP contribution is -2.45. The molecule has 4 rings (SSSR count). The summed E-state index contributed by atoms with van der Waals surface area (Å²) in [4.78, 5) is 51.6. The highest BCUT2D eigenvalue weighted by Gasteiger charge is 2.62. The third kappa shape index (κ3) is 2.86. The molecule has 2 aliphatic carbocycles. The van der Waals surface area contributed by atoms with Crippen molar-refractivity contribution in [1.29, 1.82) is 0 Å². The molecule has 0 N–H and O–H groups in total. The van der Waals surface area contributed by atoms with Crippen LogP contribution in [0, 0.1) is 37.5 Å². The molecule has 3 aliphatic rings. The van der Waals surface area contributed by atoms with Crippen LogP contribution in [0.5, 0.6) is 0 Å². The second kappa shape index (κ2) is 6.83. The van der Waals surface area contributed by atoms with Crippen LogP contribution in [0.3, 0.4) is 0 Å². The number of fused-ring (bicyclic) bond motifs is 5. The predicted molar refractivity (Wildman–Crippen MR) is 100 cm³/mol. The molecule has 2 amide bonds. The van der Waals surface area contributed by atoms with Crippen molar-refractivity contribution in [3.8, 4) is 0 Å². The van der Waals surface area contributed by atoms with Gasteiger partial charge in [-0.3, -0.25) is 19.3 Å². The zero-order valence-electron chi connectivity index (χ0n) is 16.4. The molecule has 2 bridgehead atoms. The van der Waals surface area contributed by atoms with Gasteiger partial charge in [0.25, 0.3) is 0 Å². The van der Waals surface area contributed by atoms with E-state index in [1.165, 1.54) is 6.92 Å². The highest BCUT2D eigenvalue weighted by Crippen LogP contribution is 2.56. The fourth-order valence-corrected chi connectivity index (χ4v) is 5.29. The number of carbonyl (C=O) groups excluding carboxylic acids is 4. The van der Waals surface area contributed by atoms with Crippen LogP contribution in [0.25, 0.3) is 0 Å². The van der Waals surface area contributed by atoms with Gasteiger partial charge >= 0.3 is 5.97 Å². The molecule has 5 unspecified atom stereocenters. The average molecular weight is 383 g/mol. The Hall–Kier alpha value is -2.50. The molecule has 1 aromatic carbocycles. The minimum absolute atomic E-state index is 0.243. The molecule has 3 fully saturated rings. The number of rotatable bonds is 5. The second-order valence-electron chi connectivity index (χ2n) is 8.46. The van der Waals surface area contributed by atoms with Gasteiger partial charge in [-0.15, -0.1) is 0 Å². The SMILES string of the molecule is Cc1ccc(C)c(C(=O)COC(=O)C(C)N2C(=O)C3C4CCC(C4)C3C2=O)c1. The summed E-state index contributed by atoms with van der Waals surface area (Å²) in [5.74, 6) is -1.49. The van der Waals surface area contributed by atoms with Crippen LogP contribution in [0.1, 0.15) is 47.7 Å². The maximum Gasteiger partial charge on any atom is 0.329 e. The molecule has 2 saturated carbocycles. The number of hydrogen-bond donors (Lipinski definition) is 0. The number of amides is 2. The summed E-state index contributed by atoms with van der Waals surface area (Å²) >= 11 is 0. The molecule has 1 heterocycles. The van der Waals surface area contributed by atoms with Gasteiger partial charge in [0, 0.05) is 5.56 Å². The molecule has 1 aromatic rings. The lowest BCUT2D eigenvalue weighted by Gasteiger charge is -2.23. The molecule has 1 saturated heterocycles. The van der Waals surface area contributed by atoms with E-state index < -0.39 is 18.6 Å². The number of Topliss-reactive ketones (excluding diaryl/α,β-unsaturated/α-hetero) is 1. The number of imide groups is 1. The van der Waals surface area contributed by atoms with Crippen LogP contribution >= 0.6 is 0 Å². The number of ether oxygens (including phenoxy) is 1. The Morgan fingerprint density at radius 1 is 1.11 bits per heavy atom. The van der Waals surface area contributed by atoms with E-state index in [2.05, 4.69) is 0 Å². The third-order valence-corrected chi connectivity index (χ3v) is 6.73. The molecule has 1 aliphatic heterocycles. The predicted octanol–water partition coefficient (Wildman–Crippen LogP) is 2.45. The smallest absolute Gasteiger partial charge is 0.329 e. The minimum atomic E-state index is -1.00. The molecule has 5 atom stereocenters. The zero-order valence-corrected chi connectivity index (χ0v) is 16.4. The minimum Gasteiger partial charge on any atom is -0.456 e. The van der Waals surface area contributed by atoms with Gasteiger partial charge in [-0.05, 0) is 63.5 Å². The van der Waals surface area contributed by atoms with Crippen molar-refractivity contribution in [2.75, 3.05) is 6.61 Å². The maximum absolute atomic E-state index is 12.8. The molecule has 28 heavy (non-hydrogen) atoms. The van der Waals surface area contributed by atoms with Crippen LogP contribution < -0.4 is 0 Å². The zero-order chi connectivity index (χ0) is 20.2. The molecule has 6 heteroatoms. The third-order valence-electron chi connectivity index (χ3n) is 6.73. The Morgan fingerprint density at radius 2 is 1.71 bits per heavy atom. The molecule has 0 radical (unpaired) electrons. The van der Waals surface area contributed by atoms with Crippen LogP contribution in [-0.2, 0) is 19.1 Å². The summed E-state index contributed by atoms with van der Waals surface area (Å²) in [5, 5.41) is 0. The molecule has 0 aromatic heterocycles. The first-order chi connectivity index (χ1) is 13.3. The van der Waals surface area contributed by atoms with Crippen molar-refractivity contribution >= 4 is 23.6 Å². The van der Waals surface area contributed by atoms with E-state index in [9.17, 15) is 19.2 Å². The largest absolute Gasteiger partial charge is 0.456 e. The highest BCUT2D eigenvalue weighted by atomic mass is 16.5. The number of hydrogen-bond acceptors (Lipinski definition) is 5. The van der Waals surface area contributed by atoms with E-state index in [1.54, 1.807) is 6.07 Å². The Bertz CT molecular complexity index is 848. The van der Waals surface area contributed by atoms with E-state index >= 15 is 0 Å². The normalized spacial score (nSPS) is 29.2. The lowest BCUT2D eigenvalue weighted by atomic mass is 9.81. The van der Waals surface area contributed by atoms with Crippen molar-refractivity contribution in [2.45, 2.75) is 46.1 Å². The quantitative estimate of drug-likeness (QED) is 0.443. The van der Waals surface area contributed by atoms with Gasteiger partial charge in [0.15, 0.2) is 6.61 Å². The number of esters is 1. The number of carbonyl (C=O) groups is 4. The number of ketones is 1. The van der Waals surface area contributed by atoms with Crippen molar-refractivity contribution in [2.24, 2.45) is 23.7 Å². The number of nitrogens with zero attached hydrogens (tertiary/aromatic N) is 1. The Kier molecular flexibility index (Phi) is 4.60. The Labute approximate surface area is 164 Å². The molecule has 0 spiro atoms.